The number of esters is 1. The van der Waals surface area contributed by atoms with Gasteiger partial charge in [0.2, 0.25) is 0 Å². The van der Waals surface area contributed by atoms with Gasteiger partial charge in [0.1, 0.15) is 0 Å². The number of hydrogen-bond acceptors (Lipinski definition) is 6. The predicted molar refractivity (Wildman–Crippen MR) is 116 cm³/mol. The molecule has 0 radical (unpaired) electrons. The number of benzene rings is 2. The van der Waals surface area contributed by atoms with Crippen LogP contribution >= 0.6 is 0 Å². The van der Waals surface area contributed by atoms with Crippen molar-refractivity contribution in [2.75, 3.05) is 32.1 Å². The van der Waals surface area contributed by atoms with Crippen LogP contribution in [0.15, 0.2) is 48.5 Å². The summed E-state index contributed by atoms with van der Waals surface area (Å²) in [5, 5.41) is 27.2. The van der Waals surface area contributed by atoms with Gasteiger partial charge in [-0.25, -0.2) is 4.79 Å². The highest BCUT2D eigenvalue weighted by Gasteiger charge is 2.37. The van der Waals surface area contributed by atoms with Crippen LogP contribution in [0.4, 0.5) is 5.69 Å². The molecule has 1 aliphatic rings. The van der Waals surface area contributed by atoms with E-state index in [2.05, 4.69) is 16.7 Å². The van der Waals surface area contributed by atoms with Crippen LogP contribution in [0, 0.1) is 17.2 Å². The van der Waals surface area contributed by atoms with Gasteiger partial charge in [0.15, 0.2) is 0 Å². The highest BCUT2D eigenvalue weighted by atomic mass is 16.5. The second-order valence-electron chi connectivity index (χ2n) is 7.85. The summed E-state index contributed by atoms with van der Waals surface area (Å²) in [5.41, 5.74) is 2.45. The van der Waals surface area contributed by atoms with Crippen molar-refractivity contribution in [3.05, 3.63) is 65.2 Å². The largest absolute Gasteiger partial charge is 0.465 e. The van der Waals surface area contributed by atoms with E-state index in [1.165, 1.54) is 7.11 Å². The number of ether oxygens (including phenoxy) is 1. The lowest BCUT2D eigenvalue weighted by Gasteiger charge is -2.40. The van der Waals surface area contributed by atoms with Gasteiger partial charge in [0, 0.05) is 18.2 Å². The van der Waals surface area contributed by atoms with E-state index in [-0.39, 0.29) is 11.9 Å². The van der Waals surface area contributed by atoms with Crippen molar-refractivity contribution < 1.29 is 14.6 Å². The third-order valence-electron chi connectivity index (χ3n) is 5.93. The second-order valence-corrected chi connectivity index (χ2v) is 7.85. The third-order valence-corrected chi connectivity index (χ3v) is 5.93. The number of rotatable bonds is 8. The van der Waals surface area contributed by atoms with Crippen molar-refractivity contribution in [1.82, 2.24) is 5.32 Å². The van der Waals surface area contributed by atoms with Crippen LogP contribution < -0.4 is 10.6 Å². The lowest BCUT2D eigenvalue weighted by molar-refractivity contribution is -0.0418. The number of nitriles is 1. The molecule has 0 bridgehead atoms. The number of carbonyl (C=O) groups excluding carboxylic acids is 1. The minimum Gasteiger partial charge on any atom is -0.465 e. The summed E-state index contributed by atoms with van der Waals surface area (Å²) in [6.45, 7) is 2.25. The Morgan fingerprint density at radius 3 is 2.67 bits per heavy atom. The number of piperidine rings is 1. The standard InChI is InChI=1S/C24H29N3O3/c1-30-23(28)20-6-9-22(10-7-20)27-17-21(24(29)11-13-26-14-12-24)8-5-18-3-2-4-19(15-18)16-25/h2-4,6-7,9-10,15,21,26-27,29H,5,8,11-14,17H2,1H3. The van der Waals surface area contributed by atoms with E-state index in [1.54, 1.807) is 18.2 Å². The molecule has 0 aromatic heterocycles. The van der Waals surface area contributed by atoms with E-state index in [0.717, 1.165) is 50.0 Å². The van der Waals surface area contributed by atoms with E-state index in [9.17, 15) is 9.90 Å². The van der Waals surface area contributed by atoms with Gasteiger partial charge >= 0.3 is 5.97 Å². The highest BCUT2D eigenvalue weighted by Crippen LogP contribution is 2.31. The quantitative estimate of drug-likeness (QED) is 0.582. The normalized spacial score (nSPS) is 16.3. The Bertz CT molecular complexity index is 883. The Kier molecular flexibility index (Phi) is 7.45. The van der Waals surface area contributed by atoms with Crippen LogP contribution in [0.1, 0.15) is 40.7 Å². The average Bonchev–Trinajstić information content (AvgIpc) is 2.79. The number of carbonyl (C=O) groups is 1. The van der Waals surface area contributed by atoms with Gasteiger partial charge in [0.25, 0.3) is 0 Å². The van der Waals surface area contributed by atoms with Crippen molar-refractivity contribution in [3.8, 4) is 6.07 Å². The fourth-order valence-corrected chi connectivity index (χ4v) is 4.05. The lowest BCUT2D eigenvalue weighted by atomic mass is 9.77. The maximum Gasteiger partial charge on any atom is 0.337 e. The maximum absolute atomic E-state index is 11.6. The monoisotopic (exact) mass is 407 g/mol. The number of nitrogens with zero attached hydrogens (tertiary/aromatic N) is 1. The summed E-state index contributed by atoms with van der Waals surface area (Å²) in [7, 11) is 1.37. The number of hydrogen-bond donors (Lipinski definition) is 3. The van der Waals surface area contributed by atoms with Gasteiger partial charge in [-0.05, 0) is 80.7 Å². The Hall–Kier alpha value is -2.88. The minimum atomic E-state index is -0.725. The fraction of sp³-hybridized carbons (Fsp3) is 0.417. The van der Waals surface area contributed by atoms with Crippen molar-refractivity contribution in [2.45, 2.75) is 31.3 Å². The first-order valence-corrected chi connectivity index (χ1v) is 10.4. The zero-order chi connectivity index (χ0) is 21.4. The van der Waals surface area contributed by atoms with E-state index in [4.69, 9.17) is 10.00 Å². The van der Waals surface area contributed by atoms with Gasteiger partial charge in [-0.1, -0.05) is 12.1 Å². The van der Waals surface area contributed by atoms with Gasteiger partial charge < -0.3 is 20.5 Å². The SMILES string of the molecule is COC(=O)c1ccc(NCC(CCc2cccc(C#N)c2)C2(O)CCNCC2)cc1. The fourth-order valence-electron chi connectivity index (χ4n) is 4.05. The molecule has 3 rings (SSSR count). The lowest BCUT2D eigenvalue weighted by Crippen LogP contribution is -2.49. The summed E-state index contributed by atoms with van der Waals surface area (Å²) in [4.78, 5) is 11.6. The molecule has 0 amide bonds. The Balaban J connectivity index is 1.68. The first-order chi connectivity index (χ1) is 14.5. The van der Waals surface area contributed by atoms with E-state index in [0.29, 0.717) is 17.7 Å². The molecular weight excluding hydrogens is 378 g/mol. The Morgan fingerprint density at radius 2 is 2.00 bits per heavy atom. The molecule has 6 nitrogen and oxygen atoms in total. The molecule has 1 atom stereocenters. The molecule has 3 N–H and O–H groups in total. The number of nitrogens with one attached hydrogen (secondary N) is 2. The molecular formula is C24H29N3O3. The van der Waals surface area contributed by atoms with Crippen LogP contribution in [-0.2, 0) is 11.2 Å². The molecule has 6 heteroatoms. The van der Waals surface area contributed by atoms with Crippen LogP contribution in [-0.4, -0.2) is 43.4 Å². The molecule has 2 aromatic carbocycles. The van der Waals surface area contributed by atoms with Gasteiger partial charge in [-0.2, -0.15) is 5.26 Å². The molecule has 1 saturated heterocycles. The molecule has 0 aliphatic carbocycles. The molecule has 0 spiro atoms. The first kappa shape index (κ1) is 21.8. The highest BCUT2D eigenvalue weighted by molar-refractivity contribution is 5.89. The zero-order valence-corrected chi connectivity index (χ0v) is 17.4. The van der Waals surface area contributed by atoms with Crippen molar-refractivity contribution >= 4 is 11.7 Å². The topological polar surface area (TPSA) is 94.4 Å². The molecule has 1 unspecified atom stereocenters. The summed E-state index contributed by atoms with van der Waals surface area (Å²) in [6, 6.07) is 17.0. The van der Waals surface area contributed by atoms with Gasteiger partial charge in [-0.3, -0.25) is 0 Å². The molecule has 1 fully saturated rings. The smallest absolute Gasteiger partial charge is 0.337 e. The Labute approximate surface area is 177 Å². The van der Waals surface area contributed by atoms with E-state index in [1.807, 2.05) is 30.3 Å². The minimum absolute atomic E-state index is 0.0608. The predicted octanol–water partition coefficient (Wildman–Crippen LogP) is 3.12. The van der Waals surface area contributed by atoms with Crippen LogP contribution in [0.2, 0.25) is 0 Å². The maximum atomic E-state index is 11.6. The number of aryl methyl sites for hydroxylation is 1. The first-order valence-electron chi connectivity index (χ1n) is 10.4. The average molecular weight is 408 g/mol. The molecule has 0 saturated carbocycles. The van der Waals surface area contributed by atoms with E-state index >= 15 is 0 Å². The molecule has 1 heterocycles. The Morgan fingerprint density at radius 1 is 1.27 bits per heavy atom. The molecule has 2 aromatic rings. The molecule has 158 valence electrons. The van der Waals surface area contributed by atoms with Crippen LogP contribution in [0.5, 0.6) is 0 Å². The summed E-state index contributed by atoms with van der Waals surface area (Å²) < 4.78 is 4.74. The second kappa shape index (κ2) is 10.2. The third kappa shape index (κ3) is 5.59. The molecule has 30 heavy (non-hydrogen) atoms. The summed E-state index contributed by atoms with van der Waals surface area (Å²) in [6.07, 6.45) is 3.06. The number of aliphatic hydroxyl groups is 1. The van der Waals surface area contributed by atoms with Crippen molar-refractivity contribution in [1.29, 1.82) is 5.26 Å². The number of anilines is 1. The van der Waals surface area contributed by atoms with Crippen LogP contribution in [0.25, 0.3) is 0 Å². The van der Waals surface area contributed by atoms with Crippen LogP contribution in [0.3, 0.4) is 0 Å². The van der Waals surface area contributed by atoms with Gasteiger partial charge in [-0.15, -0.1) is 0 Å². The summed E-state index contributed by atoms with van der Waals surface area (Å²) >= 11 is 0. The van der Waals surface area contributed by atoms with Crippen molar-refractivity contribution in [3.63, 3.8) is 0 Å². The van der Waals surface area contributed by atoms with E-state index < -0.39 is 5.60 Å². The van der Waals surface area contributed by atoms with Gasteiger partial charge in [0.05, 0.1) is 29.9 Å². The number of methoxy groups -OCH3 is 1. The summed E-state index contributed by atoms with van der Waals surface area (Å²) in [5.74, 6) is -0.298. The zero-order valence-electron chi connectivity index (χ0n) is 17.4. The molecule has 1 aliphatic heterocycles. The van der Waals surface area contributed by atoms with Crippen molar-refractivity contribution in [2.24, 2.45) is 5.92 Å².